The molecule has 2 rings (SSSR count). The van der Waals surface area contributed by atoms with Gasteiger partial charge in [-0.05, 0) is 48.6 Å². The molecule has 0 saturated heterocycles. The van der Waals surface area contributed by atoms with Crippen LogP contribution in [0, 0.1) is 5.92 Å². The third kappa shape index (κ3) is 7.97. The van der Waals surface area contributed by atoms with Crippen molar-refractivity contribution >= 4 is 27.7 Å². The molecule has 6 nitrogen and oxygen atoms in total. The van der Waals surface area contributed by atoms with E-state index >= 15 is 0 Å². The second-order valence-corrected chi connectivity index (χ2v) is 10.1. The lowest BCUT2D eigenvalue weighted by molar-refractivity contribution is 0.232. The maximum absolute atomic E-state index is 12.4. The summed E-state index contributed by atoms with van der Waals surface area (Å²) in [7, 11) is -3.36. The van der Waals surface area contributed by atoms with Crippen LogP contribution in [0.25, 0.3) is 0 Å². The van der Waals surface area contributed by atoms with E-state index in [-0.39, 0.29) is 29.8 Å². The fourth-order valence-electron chi connectivity index (χ4n) is 3.05. The molecule has 0 radical (unpaired) electrons. The van der Waals surface area contributed by atoms with Crippen LogP contribution in [0.2, 0.25) is 5.02 Å². The number of carbonyl (C=O) groups is 1. The Morgan fingerprint density at radius 3 is 2.03 bits per heavy atom. The fraction of sp³-hybridized carbons (Fsp3) is 0.409. The zero-order valence-corrected chi connectivity index (χ0v) is 19.3. The van der Waals surface area contributed by atoms with E-state index < -0.39 is 10.0 Å². The first-order valence-corrected chi connectivity index (χ1v) is 12.0. The summed E-state index contributed by atoms with van der Waals surface area (Å²) in [5, 5.41) is 6.51. The normalized spacial score (nSPS) is 12.8. The van der Waals surface area contributed by atoms with Crippen molar-refractivity contribution in [1.82, 2.24) is 15.4 Å². The third-order valence-electron chi connectivity index (χ3n) is 4.43. The number of nitrogens with one attached hydrogen (secondary N) is 3. The highest BCUT2D eigenvalue weighted by Gasteiger charge is 2.18. The summed E-state index contributed by atoms with van der Waals surface area (Å²) in [6.07, 6.45) is 0. The van der Waals surface area contributed by atoms with Crippen molar-refractivity contribution in [2.75, 3.05) is 0 Å². The van der Waals surface area contributed by atoms with Gasteiger partial charge in [0.15, 0.2) is 0 Å². The molecule has 0 heterocycles. The van der Waals surface area contributed by atoms with Crippen LogP contribution in [0.3, 0.4) is 0 Å². The molecule has 3 N–H and O–H groups in total. The predicted octanol–water partition coefficient (Wildman–Crippen LogP) is 4.36. The molecule has 0 bridgehead atoms. The van der Waals surface area contributed by atoms with Gasteiger partial charge in [0.25, 0.3) is 0 Å². The number of sulfonamides is 1. The molecule has 0 aliphatic carbocycles. The summed E-state index contributed by atoms with van der Waals surface area (Å²) in [5.74, 6) is 0.133. The number of amides is 2. The lowest BCUT2D eigenvalue weighted by Crippen LogP contribution is -2.39. The standard InChI is InChI=1S/C22H30ClN3O3S/c1-15(2)21(19-9-11-20(23)12-10-19)25-22(27)24-13-17-5-7-18(8-6-17)14-30(28,29)26-16(3)4/h5-12,15-16,21,26H,13-14H2,1-4H3,(H2,24,25,27). The van der Waals surface area contributed by atoms with E-state index in [1.165, 1.54) is 0 Å². The van der Waals surface area contributed by atoms with Crippen molar-refractivity contribution in [3.8, 4) is 0 Å². The van der Waals surface area contributed by atoms with Crippen LogP contribution >= 0.6 is 11.6 Å². The van der Waals surface area contributed by atoms with Gasteiger partial charge < -0.3 is 10.6 Å². The van der Waals surface area contributed by atoms with Gasteiger partial charge in [-0.15, -0.1) is 0 Å². The minimum absolute atomic E-state index is 0.0729. The van der Waals surface area contributed by atoms with Crippen molar-refractivity contribution in [2.45, 2.75) is 52.1 Å². The summed E-state index contributed by atoms with van der Waals surface area (Å²) in [4.78, 5) is 12.4. The van der Waals surface area contributed by atoms with Gasteiger partial charge in [0.2, 0.25) is 10.0 Å². The Morgan fingerprint density at radius 1 is 0.933 bits per heavy atom. The average Bonchev–Trinajstić information content (AvgIpc) is 2.65. The molecule has 30 heavy (non-hydrogen) atoms. The highest BCUT2D eigenvalue weighted by molar-refractivity contribution is 7.88. The summed E-state index contributed by atoms with van der Waals surface area (Å²) in [6, 6.07) is 14.1. The number of benzene rings is 2. The van der Waals surface area contributed by atoms with Gasteiger partial charge in [-0.3, -0.25) is 0 Å². The lowest BCUT2D eigenvalue weighted by atomic mass is 9.96. The van der Waals surface area contributed by atoms with Gasteiger partial charge in [0, 0.05) is 17.6 Å². The van der Waals surface area contributed by atoms with Crippen LogP contribution in [-0.4, -0.2) is 20.5 Å². The lowest BCUT2D eigenvalue weighted by Gasteiger charge is -2.23. The Balaban J connectivity index is 1.91. The summed E-state index contributed by atoms with van der Waals surface area (Å²) < 4.78 is 26.6. The highest BCUT2D eigenvalue weighted by Crippen LogP contribution is 2.23. The quantitative estimate of drug-likeness (QED) is 0.529. The summed E-state index contributed by atoms with van der Waals surface area (Å²) in [6.45, 7) is 8.00. The third-order valence-corrected chi connectivity index (χ3v) is 6.23. The maximum Gasteiger partial charge on any atom is 0.315 e. The molecule has 2 aromatic rings. The number of hydrogen-bond donors (Lipinski definition) is 3. The predicted molar refractivity (Wildman–Crippen MR) is 122 cm³/mol. The molecule has 0 aliphatic rings. The number of rotatable bonds is 9. The summed E-state index contributed by atoms with van der Waals surface area (Å²) >= 11 is 5.95. The minimum atomic E-state index is -3.36. The summed E-state index contributed by atoms with van der Waals surface area (Å²) in [5.41, 5.74) is 2.57. The topological polar surface area (TPSA) is 87.3 Å². The first-order valence-electron chi connectivity index (χ1n) is 9.93. The van der Waals surface area contributed by atoms with Crippen LogP contribution in [0.5, 0.6) is 0 Å². The molecule has 0 aromatic heterocycles. The minimum Gasteiger partial charge on any atom is -0.334 e. The maximum atomic E-state index is 12.4. The monoisotopic (exact) mass is 451 g/mol. The first-order chi connectivity index (χ1) is 14.1. The Labute approximate surface area is 184 Å². The van der Waals surface area contributed by atoms with E-state index in [0.29, 0.717) is 17.1 Å². The van der Waals surface area contributed by atoms with Gasteiger partial charge in [0.05, 0.1) is 11.8 Å². The number of carbonyl (C=O) groups excluding carboxylic acids is 1. The van der Waals surface area contributed by atoms with Crippen molar-refractivity contribution in [2.24, 2.45) is 5.92 Å². The van der Waals surface area contributed by atoms with E-state index in [2.05, 4.69) is 15.4 Å². The molecular formula is C22H30ClN3O3S. The molecule has 2 amide bonds. The zero-order chi connectivity index (χ0) is 22.3. The molecule has 1 atom stereocenters. The van der Waals surface area contributed by atoms with Gasteiger partial charge in [0.1, 0.15) is 0 Å². The molecule has 1 unspecified atom stereocenters. The second kappa shape index (κ2) is 10.8. The highest BCUT2D eigenvalue weighted by atomic mass is 35.5. The Morgan fingerprint density at radius 2 is 1.50 bits per heavy atom. The number of urea groups is 1. The molecule has 164 valence electrons. The van der Waals surface area contributed by atoms with Crippen molar-refractivity contribution in [3.63, 3.8) is 0 Å². The first kappa shape index (κ1) is 24.2. The molecule has 0 fully saturated rings. The fourth-order valence-corrected chi connectivity index (χ4v) is 4.61. The SMILES string of the molecule is CC(C)NS(=O)(=O)Cc1ccc(CNC(=O)NC(c2ccc(Cl)cc2)C(C)C)cc1. The number of hydrogen-bond acceptors (Lipinski definition) is 3. The zero-order valence-electron chi connectivity index (χ0n) is 17.8. The molecule has 0 saturated carbocycles. The van der Waals surface area contributed by atoms with E-state index in [4.69, 9.17) is 11.6 Å². The Kier molecular flexibility index (Phi) is 8.70. The molecule has 2 aromatic carbocycles. The largest absolute Gasteiger partial charge is 0.334 e. The van der Waals surface area contributed by atoms with Crippen LogP contribution in [0.1, 0.15) is 50.4 Å². The molecule has 0 aliphatic heterocycles. The molecule has 8 heteroatoms. The van der Waals surface area contributed by atoms with Crippen LogP contribution in [-0.2, 0) is 22.3 Å². The Hall–Kier alpha value is -2.09. The molecule has 0 spiro atoms. The van der Waals surface area contributed by atoms with E-state index in [1.54, 1.807) is 26.0 Å². The average molecular weight is 452 g/mol. The Bertz CT molecular complexity index is 927. The van der Waals surface area contributed by atoms with Crippen LogP contribution in [0.15, 0.2) is 48.5 Å². The van der Waals surface area contributed by atoms with Crippen molar-refractivity contribution in [3.05, 3.63) is 70.2 Å². The van der Waals surface area contributed by atoms with E-state index in [9.17, 15) is 13.2 Å². The van der Waals surface area contributed by atoms with Gasteiger partial charge in [-0.2, -0.15) is 0 Å². The van der Waals surface area contributed by atoms with E-state index in [0.717, 1.165) is 11.1 Å². The van der Waals surface area contributed by atoms with Crippen molar-refractivity contribution < 1.29 is 13.2 Å². The van der Waals surface area contributed by atoms with Gasteiger partial charge >= 0.3 is 6.03 Å². The van der Waals surface area contributed by atoms with Gasteiger partial charge in [-0.25, -0.2) is 17.9 Å². The number of halogens is 1. The second-order valence-electron chi connectivity index (χ2n) is 7.95. The van der Waals surface area contributed by atoms with Gasteiger partial charge in [-0.1, -0.05) is 61.8 Å². The smallest absolute Gasteiger partial charge is 0.315 e. The van der Waals surface area contributed by atoms with Crippen LogP contribution < -0.4 is 15.4 Å². The van der Waals surface area contributed by atoms with Crippen LogP contribution in [0.4, 0.5) is 4.79 Å². The van der Waals surface area contributed by atoms with E-state index in [1.807, 2.05) is 50.2 Å². The molecular weight excluding hydrogens is 422 g/mol. The van der Waals surface area contributed by atoms with Crippen molar-refractivity contribution in [1.29, 1.82) is 0 Å².